The highest BCUT2D eigenvalue weighted by atomic mass is 16.5. The Hall–Kier alpha value is -1.80. The molecule has 0 saturated heterocycles. The molecular weight excluding hydrogens is 258 g/mol. The molecule has 0 bridgehead atoms. The lowest BCUT2D eigenvalue weighted by atomic mass is 9.95. The molecule has 2 N–H and O–H groups in total. The Morgan fingerprint density at radius 1 is 1.05 bits per heavy atom. The van der Waals surface area contributed by atoms with Gasteiger partial charge in [-0.3, -0.25) is 0 Å². The number of rotatable bonds is 5. The summed E-state index contributed by atoms with van der Waals surface area (Å²) >= 11 is 0. The van der Waals surface area contributed by atoms with E-state index < -0.39 is 0 Å². The van der Waals surface area contributed by atoms with Gasteiger partial charge in [0, 0.05) is 11.6 Å². The summed E-state index contributed by atoms with van der Waals surface area (Å²) < 4.78 is 5.46. The van der Waals surface area contributed by atoms with Crippen LogP contribution in [0.15, 0.2) is 42.5 Å². The maximum Gasteiger partial charge on any atom is 0.123 e. The fourth-order valence-electron chi connectivity index (χ4n) is 2.53. The van der Waals surface area contributed by atoms with Gasteiger partial charge in [0.1, 0.15) is 5.75 Å². The second-order valence-corrected chi connectivity index (χ2v) is 5.95. The number of hydrogen-bond acceptors (Lipinski definition) is 2. The van der Waals surface area contributed by atoms with Gasteiger partial charge in [-0.25, -0.2) is 0 Å². The first kappa shape index (κ1) is 15.6. The van der Waals surface area contributed by atoms with Crippen LogP contribution in [0.4, 0.5) is 0 Å². The van der Waals surface area contributed by atoms with Gasteiger partial charge in [-0.2, -0.15) is 0 Å². The molecule has 2 aromatic rings. The summed E-state index contributed by atoms with van der Waals surface area (Å²) in [6.07, 6.45) is 0.817. The molecule has 0 aliphatic heterocycles. The van der Waals surface area contributed by atoms with Crippen molar-refractivity contribution in [3.63, 3.8) is 0 Å². The van der Waals surface area contributed by atoms with E-state index in [1.54, 1.807) is 7.11 Å². The largest absolute Gasteiger partial charge is 0.496 e. The number of benzene rings is 2. The second kappa shape index (κ2) is 6.77. The van der Waals surface area contributed by atoms with Crippen LogP contribution in [0.5, 0.6) is 5.75 Å². The van der Waals surface area contributed by atoms with Crippen molar-refractivity contribution >= 4 is 0 Å². The number of ether oxygens (including phenoxy) is 1. The molecule has 0 aromatic heterocycles. The smallest absolute Gasteiger partial charge is 0.123 e. The zero-order valence-electron chi connectivity index (χ0n) is 13.4. The first-order chi connectivity index (χ1) is 10.0. The molecule has 21 heavy (non-hydrogen) atoms. The van der Waals surface area contributed by atoms with Crippen LogP contribution >= 0.6 is 0 Å². The van der Waals surface area contributed by atoms with Crippen LogP contribution in [0.25, 0.3) is 0 Å². The van der Waals surface area contributed by atoms with Gasteiger partial charge in [0.15, 0.2) is 0 Å². The van der Waals surface area contributed by atoms with Gasteiger partial charge in [0.25, 0.3) is 0 Å². The average Bonchev–Trinajstić information content (AvgIpc) is 2.47. The summed E-state index contributed by atoms with van der Waals surface area (Å²) in [4.78, 5) is 0. The zero-order valence-corrected chi connectivity index (χ0v) is 13.4. The Morgan fingerprint density at radius 2 is 1.71 bits per heavy atom. The molecule has 0 radical (unpaired) electrons. The third kappa shape index (κ3) is 3.85. The molecule has 0 fully saturated rings. The normalized spacial score (nSPS) is 12.5. The van der Waals surface area contributed by atoms with E-state index >= 15 is 0 Å². The molecule has 1 unspecified atom stereocenters. The van der Waals surface area contributed by atoms with Crippen LogP contribution in [0.1, 0.15) is 48.1 Å². The van der Waals surface area contributed by atoms with Gasteiger partial charge in [-0.05, 0) is 42.0 Å². The van der Waals surface area contributed by atoms with Crippen LogP contribution in [0, 0.1) is 6.92 Å². The molecule has 0 aliphatic carbocycles. The molecule has 0 aliphatic rings. The van der Waals surface area contributed by atoms with Crippen molar-refractivity contribution in [2.45, 2.75) is 39.2 Å². The lowest BCUT2D eigenvalue weighted by molar-refractivity contribution is 0.405. The molecule has 0 heterocycles. The van der Waals surface area contributed by atoms with E-state index in [0.29, 0.717) is 5.92 Å². The number of nitrogens with two attached hydrogens (primary N) is 1. The van der Waals surface area contributed by atoms with Crippen molar-refractivity contribution in [2.24, 2.45) is 5.73 Å². The Bertz CT molecular complexity index is 587. The molecule has 0 amide bonds. The minimum atomic E-state index is -0.0505. The van der Waals surface area contributed by atoms with Gasteiger partial charge in [0.2, 0.25) is 0 Å². The Morgan fingerprint density at radius 3 is 2.29 bits per heavy atom. The third-order valence-corrected chi connectivity index (χ3v) is 3.89. The zero-order chi connectivity index (χ0) is 15.4. The van der Waals surface area contributed by atoms with Gasteiger partial charge in [-0.15, -0.1) is 0 Å². The van der Waals surface area contributed by atoms with E-state index in [9.17, 15) is 0 Å². The maximum absolute atomic E-state index is 6.37. The van der Waals surface area contributed by atoms with Crippen molar-refractivity contribution in [1.82, 2.24) is 0 Å². The molecule has 0 saturated carbocycles. The van der Waals surface area contributed by atoms with E-state index in [1.807, 2.05) is 6.07 Å². The summed E-state index contributed by atoms with van der Waals surface area (Å²) in [5.74, 6) is 1.44. The standard InChI is InChI=1S/C19H25NO/c1-13(2)16-8-6-15(7-9-16)12-18(20)17-10-5-14(3)11-19(17)21-4/h5-11,13,18H,12,20H2,1-4H3. The molecule has 0 spiro atoms. The van der Waals surface area contributed by atoms with Crippen molar-refractivity contribution < 1.29 is 4.74 Å². The molecule has 112 valence electrons. The van der Waals surface area contributed by atoms with Crippen LogP contribution in [0.2, 0.25) is 0 Å². The number of methoxy groups -OCH3 is 1. The van der Waals surface area contributed by atoms with Gasteiger partial charge >= 0.3 is 0 Å². The maximum atomic E-state index is 6.37. The first-order valence-corrected chi connectivity index (χ1v) is 7.50. The summed E-state index contributed by atoms with van der Waals surface area (Å²) in [7, 11) is 1.70. The molecule has 2 heteroatoms. The van der Waals surface area contributed by atoms with Crippen LogP contribution < -0.4 is 10.5 Å². The van der Waals surface area contributed by atoms with E-state index in [4.69, 9.17) is 10.5 Å². The molecule has 2 aromatic carbocycles. The highest BCUT2D eigenvalue weighted by Gasteiger charge is 2.13. The number of hydrogen-bond donors (Lipinski definition) is 1. The predicted molar refractivity (Wildman–Crippen MR) is 88.9 cm³/mol. The van der Waals surface area contributed by atoms with Crippen LogP contribution in [0.3, 0.4) is 0 Å². The van der Waals surface area contributed by atoms with Crippen molar-refractivity contribution in [2.75, 3.05) is 7.11 Å². The number of aryl methyl sites for hydroxylation is 1. The summed E-state index contributed by atoms with van der Waals surface area (Å²) in [5.41, 5.74) is 11.2. The first-order valence-electron chi connectivity index (χ1n) is 7.50. The van der Waals surface area contributed by atoms with Gasteiger partial charge in [0.05, 0.1) is 7.11 Å². The minimum Gasteiger partial charge on any atom is -0.496 e. The average molecular weight is 283 g/mol. The van der Waals surface area contributed by atoms with Crippen molar-refractivity contribution in [3.05, 3.63) is 64.7 Å². The molecule has 2 nitrogen and oxygen atoms in total. The predicted octanol–water partition coefficient (Wildman–Crippen LogP) is 4.37. The topological polar surface area (TPSA) is 35.2 Å². The second-order valence-electron chi connectivity index (χ2n) is 5.95. The van der Waals surface area contributed by atoms with E-state index in [1.165, 1.54) is 16.7 Å². The van der Waals surface area contributed by atoms with Crippen molar-refractivity contribution in [1.29, 1.82) is 0 Å². The van der Waals surface area contributed by atoms with Crippen LogP contribution in [-0.4, -0.2) is 7.11 Å². The monoisotopic (exact) mass is 283 g/mol. The summed E-state index contributed by atoms with van der Waals surface area (Å²) in [6, 6.07) is 14.9. The fraction of sp³-hybridized carbons (Fsp3) is 0.368. The van der Waals surface area contributed by atoms with Crippen molar-refractivity contribution in [3.8, 4) is 5.75 Å². The lowest BCUT2D eigenvalue weighted by Crippen LogP contribution is -2.14. The van der Waals surface area contributed by atoms with Gasteiger partial charge in [-0.1, -0.05) is 50.2 Å². The minimum absolute atomic E-state index is 0.0505. The van der Waals surface area contributed by atoms with Crippen LogP contribution in [-0.2, 0) is 6.42 Å². The molecular formula is C19H25NO. The Kier molecular flexibility index (Phi) is 5.03. The Balaban J connectivity index is 2.15. The highest BCUT2D eigenvalue weighted by molar-refractivity contribution is 5.40. The molecule has 2 rings (SSSR count). The van der Waals surface area contributed by atoms with E-state index in [0.717, 1.165) is 17.7 Å². The third-order valence-electron chi connectivity index (χ3n) is 3.89. The highest BCUT2D eigenvalue weighted by Crippen LogP contribution is 2.27. The lowest BCUT2D eigenvalue weighted by Gasteiger charge is -2.17. The van der Waals surface area contributed by atoms with E-state index in [-0.39, 0.29) is 6.04 Å². The van der Waals surface area contributed by atoms with E-state index in [2.05, 4.69) is 57.2 Å². The quantitative estimate of drug-likeness (QED) is 0.884. The summed E-state index contributed by atoms with van der Waals surface area (Å²) in [6.45, 7) is 6.47. The van der Waals surface area contributed by atoms with Gasteiger partial charge < -0.3 is 10.5 Å². The Labute approximate surface area is 127 Å². The SMILES string of the molecule is COc1cc(C)ccc1C(N)Cc1ccc(C(C)C)cc1. The fourth-order valence-corrected chi connectivity index (χ4v) is 2.53. The molecule has 1 atom stereocenters. The summed E-state index contributed by atoms with van der Waals surface area (Å²) in [5, 5.41) is 0.